The zero-order valence-electron chi connectivity index (χ0n) is 12.9. The number of rotatable bonds is 2. The smallest absolute Gasteiger partial charge is 0.427 e. The summed E-state index contributed by atoms with van der Waals surface area (Å²) in [4.78, 5) is 11.0. The summed E-state index contributed by atoms with van der Waals surface area (Å²) < 4.78 is 17.1. The zero-order valence-corrected chi connectivity index (χ0v) is 12.9. The van der Waals surface area contributed by atoms with Crippen LogP contribution in [0.1, 0.15) is 40.2 Å². The first kappa shape index (κ1) is 15.1. The van der Waals surface area contributed by atoms with Crippen molar-refractivity contribution in [2.75, 3.05) is 0 Å². The summed E-state index contributed by atoms with van der Waals surface area (Å²) in [5.74, 6) is 0.211. The zero-order chi connectivity index (χ0) is 15.1. The van der Waals surface area contributed by atoms with Gasteiger partial charge in [-0.25, -0.2) is 0 Å². The molecule has 0 radical (unpaired) electrons. The van der Waals surface area contributed by atoms with E-state index in [0.717, 1.165) is 11.0 Å². The largest absolute Gasteiger partial charge is 0.495 e. The van der Waals surface area contributed by atoms with Crippen molar-refractivity contribution in [2.24, 2.45) is 0 Å². The summed E-state index contributed by atoms with van der Waals surface area (Å²) in [7, 11) is -0.397. The highest BCUT2D eigenvalue weighted by Crippen LogP contribution is 2.36. The Morgan fingerprint density at radius 3 is 2.15 bits per heavy atom. The second-order valence-electron chi connectivity index (χ2n) is 6.20. The molecule has 0 unspecified atom stereocenters. The molecule has 108 valence electrons. The van der Waals surface area contributed by atoms with Crippen LogP contribution in [0.3, 0.4) is 0 Å². The molecule has 5 heteroatoms. The third-order valence-corrected chi connectivity index (χ3v) is 4.01. The van der Waals surface area contributed by atoms with Gasteiger partial charge in [0.05, 0.1) is 11.2 Å². The first-order valence-electron chi connectivity index (χ1n) is 6.77. The molecule has 1 heterocycles. The van der Waals surface area contributed by atoms with Crippen LogP contribution in [0.15, 0.2) is 18.2 Å². The Labute approximate surface area is 120 Å². The molecule has 1 aliphatic heterocycles. The van der Waals surface area contributed by atoms with E-state index in [-0.39, 0.29) is 17.2 Å². The maximum Gasteiger partial charge on any atom is 0.495 e. The number of esters is 1. The van der Waals surface area contributed by atoms with Crippen molar-refractivity contribution in [2.45, 2.75) is 52.7 Å². The van der Waals surface area contributed by atoms with Crippen molar-refractivity contribution < 1.29 is 18.8 Å². The van der Waals surface area contributed by atoms with Crippen LogP contribution in [-0.4, -0.2) is 24.3 Å². The highest BCUT2D eigenvalue weighted by atomic mass is 16.7. The Bertz CT molecular complexity index is 521. The molecule has 2 rings (SSSR count). The van der Waals surface area contributed by atoms with E-state index in [1.54, 1.807) is 6.07 Å². The minimum Gasteiger partial charge on any atom is -0.427 e. The van der Waals surface area contributed by atoms with Gasteiger partial charge >= 0.3 is 13.1 Å². The molecule has 0 N–H and O–H groups in total. The average molecular weight is 276 g/mol. The third-order valence-electron chi connectivity index (χ3n) is 4.01. The van der Waals surface area contributed by atoms with Gasteiger partial charge in [0, 0.05) is 6.92 Å². The fourth-order valence-corrected chi connectivity index (χ4v) is 2.11. The molecule has 0 aliphatic carbocycles. The van der Waals surface area contributed by atoms with Crippen LogP contribution < -0.4 is 10.2 Å². The van der Waals surface area contributed by atoms with Gasteiger partial charge < -0.3 is 14.0 Å². The molecular weight excluding hydrogens is 255 g/mol. The quantitative estimate of drug-likeness (QED) is 0.472. The van der Waals surface area contributed by atoms with Gasteiger partial charge in [-0.3, -0.25) is 4.79 Å². The standard InChI is InChI=1S/C15H21BO4/c1-10-9-12(18-11(2)17)7-8-13(10)16-19-14(3,4)15(5,6)20-16/h7-9H,1-6H3. The lowest BCUT2D eigenvalue weighted by molar-refractivity contribution is -0.131. The van der Waals surface area contributed by atoms with E-state index >= 15 is 0 Å². The number of carbonyl (C=O) groups is 1. The fraction of sp³-hybridized carbons (Fsp3) is 0.533. The molecule has 20 heavy (non-hydrogen) atoms. The summed E-state index contributed by atoms with van der Waals surface area (Å²) >= 11 is 0. The highest BCUT2D eigenvalue weighted by Gasteiger charge is 2.52. The molecule has 1 aromatic rings. The van der Waals surface area contributed by atoms with Gasteiger partial charge in [0.25, 0.3) is 0 Å². The molecule has 0 aromatic heterocycles. The summed E-state index contributed by atoms with van der Waals surface area (Å²) in [6, 6.07) is 5.46. The van der Waals surface area contributed by atoms with Crippen LogP contribution in [-0.2, 0) is 14.1 Å². The molecule has 0 spiro atoms. The number of ether oxygens (including phenoxy) is 1. The second-order valence-corrected chi connectivity index (χ2v) is 6.20. The summed E-state index contributed by atoms with van der Waals surface area (Å²) in [6.45, 7) is 11.4. The molecule has 0 bridgehead atoms. The van der Waals surface area contributed by atoms with Crippen molar-refractivity contribution in [1.82, 2.24) is 0 Å². The van der Waals surface area contributed by atoms with E-state index < -0.39 is 7.12 Å². The normalized spacial score (nSPS) is 20.0. The second kappa shape index (κ2) is 4.90. The molecule has 4 nitrogen and oxygen atoms in total. The van der Waals surface area contributed by atoms with Gasteiger partial charge in [-0.15, -0.1) is 0 Å². The Morgan fingerprint density at radius 1 is 1.15 bits per heavy atom. The van der Waals surface area contributed by atoms with Crippen molar-refractivity contribution in [3.8, 4) is 5.75 Å². The average Bonchev–Trinajstić information content (AvgIpc) is 2.46. The molecule has 0 atom stereocenters. The van der Waals surface area contributed by atoms with Crippen LogP contribution in [0.25, 0.3) is 0 Å². The Morgan fingerprint density at radius 2 is 1.70 bits per heavy atom. The van der Waals surface area contributed by atoms with Crippen molar-refractivity contribution in [3.05, 3.63) is 23.8 Å². The Balaban J connectivity index is 2.25. The van der Waals surface area contributed by atoms with Crippen LogP contribution in [0.4, 0.5) is 0 Å². The molecule has 1 aromatic carbocycles. The summed E-state index contributed by atoms with van der Waals surface area (Å²) in [5, 5.41) is 0. The lowest BCUT2D eigenvalue weighted by Crippen LogP contribution is -2.41. The van der Waals surface area contributed by atoms with Gasteiger partial charge in [0.1, 0.15) is 5.75 Å². The fourth-order valence-electron chi connectivity index (χ4n) is 2.11. The van der Waals surface area contributed by atoms with E-state index in [4.69, 9.17) is 14.0 Å². The monoisotopic (exact) mass is 276 g/mol. The highest BCUT2D eigenvalue weighted by molar-refractivity contribution is 6.62. The Hall–Kier alpha value is -1.33. The maximum absolute atomic E-state index is 11.0. The SMILES string of the molecule is CC(=O)Oc1ccc(B2OC(C)(C)C(C)(C)O2)c(C)c1. The molecule has 1 aliphatic rings. The van der Waals surface area contributed by atoms with Crippen molar-refractivity contribution in [3.63, 3.8) is 0 Å². The summed E-state index contributed by atoms with van der Waals surface area (Å²) in [6.07, 6.45) is 0. The van der Waals surface area contributed by atoms with Crippen LogP contribution >= 0.6 is 0 Å². The predicted octanol–water partition coefficient (Wildman–Crippen LogP) is 2.22. The molecule has 0 saturated carbocycles. The van der Waals surface area contributed by atoms with Gasteiger partial charge in [0.15, 0.2) is 0 Å². The van der Waals surface area contributed by atoms with Gasteiger partial charge in [0.2, 0.25) is 0 Å². The van der Waals surface area contributed by atoms with Crippen LogP contribution in [0.5, 0.6) is 5.75 Å². The van der Waals surface area contributed by atoms with Crippen LogP contribution in [0, 0.1) is 6.92 Å². The first-order valence-corrected chi connectivity index (χ1v) is 6.77. The van der Waals surface area contributed by atoms with Gasteiger partial charge in [-0.05, 0) is 57.8 Å². The first-order chi connectivity index (χ1) is 9.12. The number of aryl methyl sites for hydroxylation is 1. The van der Waals surface area contributed by atoms with Crippen LogP contribution in [0.2, 0.25) is 0 Å². The van der Waals surface area contributed by atoms with E-state index in [1.807, 2.05) is 46.8 Å². The lowest BCUT2D eigenvalue weighted by Gasteiger charge is -2.32. The van der Waals surface area contributed by atoms with E-state index in [1.165, 1.54) is 6.92 Å². The van der Waals surface area contributed by atoms with Gasteiger partial charge in [-0.2, -0.15) is 0 Å². The van der Waals surface area contributed by atoms with Crippen molar-refractivity contribution >= 4 is 18.6 Å². The topological polar surface area (TPSA) is 44.8 Å². The minimum atomic E-state index is -0.397. The molecule has 0 amide bonds. The molecular formula is C15H21BO4. The van der Waals surface area contributed by atoms with E-state index in [2.05, 4.69) is 0 Å². The van der Waals surface area contributed by atoms with Crippen molar-refractivity contribution in [1.29, 1.82) is 0 Å². The number of hydrogen-bond donors (Lipinski definition) is 0. The lowest BCUT2D eigenvalue weighted by atomic mass is 9.76. The predicted molar refractivity (Wildman–Crippen MR) is 78.2 cm³/mol. The minimum absolute atomic E-state index is 0.326. The van der Waals surface area contributed by atoms with Gasteiger partial charge in [-0.1, -0.05) is 6.07 Å². The molecule has 1 saturated heterocycles. The number of benzene rings is 1. The summed E-state index contributed by atoms with van der Waals surface area (Å²) in [5.41, 5.74) is 1.21. The maximum atomic E-state index is 11.0. The molecule has 1 fully saturated rings. The number of carbonyl (C=O) groups excluding carboxylic acids is 1. The van der Waals surface area contributed by atoms with E-state index in [9.17, 15) is 4.79 Å². The number of hydrogen-bond acceptors (Lipinski definition) is 4. The van der Waals surface area contributed by atoms with E-state index in [0.29, 0.717) is 5.75 Å². The third kappa shape index (κ3) is 2.74. The Kier molecular flexibility index (Phi) is 3.69.